The van der Waals surface area contributed by atoms with E-state index in [1.54, 1.807) is 66.7 Å². The van der Waals surface area contributed by atoms with E-state index in [1.807, 2.05) is 5.43 Å². The van der Waals surface area contributed by atoms with Gasteiger partial charge in [-0.2, -0.15) is 5.26 Å². The predicted molar refractivity (Wildman–Crippen MR) is 94.3 cm³/mol. The molecule has 0 aliphatic carbocycles. The highest BCUT2D eigenvalue weighted by Gasteiger charge is 2.27. The maximum absolute atomic E-state index is 12.0. The highest BCUT2D eigenvalue weighted by atomic mass is 16.5. The number of ether oxygens (including phenoxy) is 2. The Morgan fingerprint density at radius 1 is 0.852 bits per heavy atom. The molecule has 0 fully saturated rings. The first-order chi connectivity index (χ1) is 13.1. The van der Waals surface area contributed by atoms with Crippen LogP contribution in [0, 0.1) is 17.2 Å². The fraction of sp³-hybridized carbons (Fsp3) is 0.158. The summed E-state index contributed by atoms with van der Waals surface area (Å²) in [5.41, 5.74) is 4.12. The Kier molecular flexibility index (Phi) is 7.36. The molecule has 2 amide bonds. The summed E-state index contributed by atoms with van der Waals surface area (Å²) in [6, 6.07) is 18.7. The quantitative estimate of drug-likeness (QED) is 0.531. The van der Waals surface area contributed by atoms with E-state index in [0.29, 0.717) is 11.5 Å². The van der Waals surface area contributed by atoms with Crippen LogP contribution in [0.4, 0.5) is 0 Å². The molecule has 2 aromatic rings. The fourth-order valence-electron chi connectivity index (χ4n) is 1.94. The molecule has 138 valence electrons. The van der Waals surface area contributed by atoms with Crippen LogP contribution in [0.3, 0.4) is 0 Å². The summed E-state index contributed by atoms with van der Waals surface area (Å²) in [6.07, 6.45) is 0. The third kappa shape index (κ3) is 6.51. The Bertz CT molecular complexity index is 818. The van der Waals surface area contributed by atoms with Gasteiger partial charge >= 0.3 is 0 Å². The number of Topliss-reactive ketones (excluding diaryl/α,β-unsaturated/α-hetero) is 1. The highest BCUT2D eigenvalue weighted by molar-refractivity contribution is 6.04. The lowest BCUT2D eigenvalue weighted by molar-refractivity contribution is -0.136. The predicted octanol–water partition coefficient (Wildman–Crippen LogP) is 1.00. The van der Waals surface area contributed by atoms with Crippen molar-refractivity contribution in [1.82, 2.24) is 10.9 Å². The van der Waals surface area contributed by atoms with Crippen molar-refractivity contribution >= 4 is 17.6 Å². The van der Waals surface area contributed by atoms with Gasteiger partial charge in [-0.3, -0.25) is 25.2 Å². The number of para-hydroxylation sites is 2. The number of nitrogens with zero attached hydrogens (tertiary/aromatic N) is 1. The van der Waals surface area contributed by atoms with Crippen molar-refractivity contribution in [2.75, 3.05) is 13.2 Å². The maximum Gasteiger partial charge on any atom is 0.276 e. The van der Waals surface area contributed by atoms with Crippen molar-refractivity contribution in [3.63, 3.8) is 0 Å². The molecule has 0 saturated carbocycles. The van der Waals surface area contributed by atoms with Crippen molar-refractivity contribution in [2.24, 2.45) is 5.92 Å². The van der Waals surface area contributed by atoms with Gasteiger partial charge in [0.1, 0.15) is 18.1 Å². The van der Waals surface area contributed by atoms with E-state index in [0.717, 1.165) is 0 Å². The smallest absolute Gasteiger partial charge is 0.276 e. The van der Waals surface area contributed by atoms with Crippen molar-refractivity contribution in [2.45, 2.75) is 0 Å². The molecule has 8 nitrogen and oxygen atoms in total. The van der Waals surface area contributed by atoms with E-state index < -0.39 is 30.1 Å². The Labute approximate surface area is 155 Å². The Hall–Kier alpha value is -3.86. The fourth-order valence-corrected chi connectivity index (χ4v) is 1.94. The van der Waals surface area contributed by atoms with Gasteiger partial charge in [0.25, 0.3) is 11.8 Å². The summed E-state index contributed by atoms with van der Waals surface area (Å²) in [5, 5.41) is 9.06. The number of hydrazine groups is 1. The molecule has 0 aliphatic rings. The maximum atomic E-state index is 12.0. The molecule has 8 heteroatoms. The Morgan fingerprint density at radius 3 is 1.89 bits per heavy atom. The molecule has 2 aromatic carbocycles. The summed E-state index contributed by atoms with van der Waals surface area (Å²) in [7, 11) is 0. The number of amides is 2. The average molecular weight is 367 g/mol. The second-order valence-corrected chi connectivity index (χ2v) is 5.27. The van der Waals surface area contributed by atoms with Crippen LogP contribution in [0.2, 0.25) is 0 Å². The SMILES string of the molecule is N#C[C@@H](C(=O)COc1ccccc1)C(=O)NNC(=O)COc1ccccc1. The minimum Gasteiger partial charge on any atom is -0.486 e. The molecule has 0 saturated heterocycles. The number of benzene rings is 2. The normalized spacial score (nSPS) is 10.8. The van der Waals surface area contributed by atoms with Crippen molar-refractivity contribution in [3.05, 3.63) is 60.7 Å². The lowest BCUT2D eigenvalue weighted by atomic mass is 10.1. The van der Waals surface area contributed by atoms with Gasteiger partial charge in [0.05, 0.1) is 6.07 Å². The largest absolute Gasteiger partial charge is 0.486 e. The lowest BCUT2D eigenvalue weighted by Gasteiger charge is -2.12. The van der Waals surface area contributed by atoms with Crippen molar-refractivity contribution in [3.8, 4) is 17.6 Å². The highest BCUT2D eigenvalue weighted by Crippen LogP contribution is 2.09. The topological polar surface area (TPSA) is 118 Å². The molecule has 0 aromatic heterocycles. The summed E-state index contributed by atoms with van der Waals surface area (Å²) < 4.78 is 10.4. The Balaban J connectivity index is 1.75. The minimum absolute atomic E-state index is 0.341. The number of hydrogen-bond donors (Lipinski definition) is 2. The third-order valence-electron chi connectivity index (χ3n) is 3.28. The first-order valence-corrected chi connectivity index (χ1v) is 7.97. The van der Waals surface area contributed by atoms with E-state index in [9.17, 15) is 14.4 Å². The van der Waals surface area contributed by atoms with Gasteiger partial charge in [-0.25, -0.2) is 0 Å². The molecule has 0 spiro atoms. The molecule has 0 heterocycles. The molecule has 2 N–H and O–H groups in total. The van der Waals surface area contributed by atoms with Crippen LogP contribution in [0.15, 0.2) is 60.7 Å². The second kappa shape index (κ2) is 10.2. The number of nitrogens with one attached hydrogen (secondary N) is 2. The number of hydrogen-bond acceptors (Lipinski definition) is 6. The minimum atomic E-state index is -1.61. The van der Waals surface area contributed by atoms with Crippen LogP contribution in [-0.4, -0.2) is 30.8 Å². The number of carbonyl (C=O) groups excluding carboxylic acids is 3. The zero-order chi connectivity index (χ0) is 19.5. The molecule has 0 bridgehead atoms. The van der Waals surface area contributed by atoms with Gasteiger partial charge in [-0.15, -0.1) is 0 Å². The van der Waals surface area contributed by atoms with Gasteiger partial charge in [0, 0.05) is 0 Å². The van der Waals surface area contributed by atoms with E-state index in [-0.39, 0.29) is 6.61 Å². The molecule has 1 atom stereocenters. The van der Waals surface area contributed by atoms with Gasteiger partial charge in [-0.05, 0) is 24.3 Å². The summed E-state index contributed by atoms with van der Waals surface area (Å²) in [5.74, 6) is -3.00. The summed E-state index contributed by atoms with van der Waals surface area (Å²) in [6.45, 7) is -0.784. The summed E-state index contributed by atoms with van der Waals surface area (Å²) in [4.78, 5) is 35.6. The molecular formula is C19H17N3O5. The lowest BCUT2D eigenvalue weighted by Crippen LogP contribution is -2.48. The van der Waals surface area contributed by atoms with Crippen LogP contribution in [0.25, 0.3) is 0 Å². The van der Waals surface area contributed by atoms with Crippen LogP contribution in [0.5, 0.6) is 11.5 Å². The van der Waals surface area contributed by atoms with Crippen LogP contribution >= 0.6 is 0 Å². The van der Waals surface area contributed by atoms with Gasteiger partial charge in [0.15, 0.2) is 18.3 Å². The number of carbonyl (C=O) groups is 3. The molecule has 0 aliphatic heterocycles. The van der Waals surface area contributed by atoms with E-state index in [2.05, 4.69) is 5.43 Å². The first-order valence-electron chi connectivity index (χ1n) is 7.97. The van der Waals surface area contributed by atoms with Crippen LogP contribution in [0.1, 0.15) is 0 Å². The standard InChI is InChI=1S/C19H17N3O5/c20-11-16(17(23)12-26-14-7-3-1-4-8-14)19(25)22-21-18(24)13-27-15-9-5-2-6-10-15/h1-10,16H,12-13H2,(H,21,24)(H,22,25)/t16-/m0/s1. The zero-order valence-electron chi connectivity index (χ0n) is 14.3. The van der Waals surface area contributed by atoms with Gasteiger partial charge < -0.3 is 9.47 Å². The van der Waals surface area contributed by atoms with Gasteiger partial charge in [0.2, 0.25) is 0 Å². The summed E-state index contributed by atoms with van der Waals surface area (Å²) >= 11 is 0. The van der Waals surface area contributed by atoms with Gasteiger partial charge in [-0.1, -0.05) is 36.4 Å². The second-order valence-electron chi connectivity index (χ2n) is 5.27. The van der Waals surface area contributed by atoms with Crippen LogP contribution in [-0.2, 0) is 14.4 Å². The average Bonchev–Trinajstić information content (AvgIpc) is 2.71. The molecule has 27 heavy (non-hydrogen) atoms. The molecule has 0 unspecified atom stereocenters. The molecular weight excluding hydrogens is 350 g/mol. The first kappa shape index (κ1) is 19.5. The van der Waals surface area contributed by atoms with Crippen molar-refractivity contribution < 1.29 is 23.9 Å². The van der Waals surface area contributed by atoms with E-state index in [4.69, 9.17) is 14.7 Å². The zero-order valence-corrected chi connectivity index (χ0v) is 14.3. The Morgan fingerprint density at radius 2 is 1.37 bits per heavy atom. The molecule has 0 radical (unpaired) electrons. The third-order valence-corrected chi connectivity index (χ3v) is 3.28. The number of nitriles is 1. The number of rotatable bonds is 8. The van der Waals surface area contributed by atoms with E-state index in [1.165, 1.54) is 0 Å². The molecule has 2 rings (SSSR count). The van der Waals surface area contributed by atoms with E-state index >= 15 is 0 Å². The van der Waals surface area contributed by atoms with Crippen LogP contribution < -0.4 is 20.3 Å². The monoisotopic (exact) mass is 367 g/mol. The number of ketones is 1. The van der Waals surface area contributed by atoms with Crippen molar-refractivity contribution in [1.29, 1.82) is 5.26 Å².